The summed E-state index contributed by atoms with van der Waals surface area (Å²) < 4.78 is 0. The number of halogens is 1. The van der Waals surface area contributed by atoms with Crippen LogP contribution >= 0.6 is 24.0 Å². The van der Waals surface area contributed by atoms with Crippen LogP contribution in [0.25, 0.3) is 0 Å². The Morgan fingerprint density at radius 3 is 2.29 bits per heavy atom. The van der Waals surface area contributed by atoms with E-state index in [0.717, 1.165) is 64.6 Å². The Balaban J connectivity index is 0.00000341. The van der Waals surface area contributed by atoms with E-state index in [1.165, 1.54) is 16.8 Å². The van der Waals surface area contributed by atoms with E-state index in [0.29, 0.717) is 5.91 Å². The Labute approximate surface area is 204 Å². The molecule has 2 fully saturated rings. The summed E-state index contributed by atoms with van der Waals surface area (Å²) in [4.78, 5) is 26.0. The molecule has 8 heteroatoms. The first kappa shape index (κ1) is 25.7. The van der Waals surface area contributed by atoms with E-state index >= 15 is 0 Å². The number of aryl methyl sites for hydroxylation is 1. The SMILES string of the molecule is CN=C(NCc1ccc(N(C)C)cc1C)N1CCN(C(C)C(=O)N2CCCC2)CC1.I. The molecule has 174 valence electrons. The van der Waals surface area contributed by atoms with Gasteiger partial charge in [0.1, 0.15) is 0 Å². The van der Waals surface area contributed by atoms with Crippen molar-refractivity contribution in [2.24, 2.45) is 4.99 Å². The third kappa shape index (κ3) is 6.47. The Hall–Kier alpha value is -1.55. The number of hydrogen-bond donors (Lipinski definition) is 1. The first-order valence-corrected chi connectivity index (χ1v) is 11.2. The van der Waals surface area contributed by atoms with Crippen LogP contribution in [0.1, 0.15) is 30.9 Å². The van der Waals surface area contributed by atoms with Crippen molar-refractivity contribution in [2.75, 3.05) is 65.3 Å². The number of piperazine rings is 1. The van der Waals surface area contributed by atoms with Gasteiger partial charge < -0.3 is 20.0 Å². The quantitative estimate of drug-likeness (QED) is 0.352. The van der Waals surface area contributed by atoms with Gasteiger partial charge in [0, 0.05) is 72.6 Å². The standard InChI is InChI=1S/C23H38N6O.HI/c1-18-16-21(26(4)5)9-8-20(18)17-25-23(24-3)29-14-12-27(13-15-29)19(2)22(30)28-10-6-7-11-28;/h8-9,16,19H,6-7,10-15,17H2,1-5H3,(H,24,25);1H. The van der Waals surface area contributed by atoms with E-state index in [2.05, 4.69) is 71.2 Å². The minimum atomic E-state index is -0.0296. The zero-order chi connectivity index (χ0) is 21.7. The predicted octanol–water partition coefficient (Wildman–Crippen LogP) is 2.38. The van der Waals surface area contributed by atoms with Gasteiger partial charge in [-0.2, -0.15) is 0 Å². The summed E-state index contributed by atoms with van der Waals surface area (Å²) in [6, 6.07) is 6.54. The van der Waals surface area contributed by atoms with Gasteiger partial charge in [-0.15, -0.1) is 24.0 Å². The fourth-order valence-electron chi connectivity index (χ4n) is 4.34. The largest absolute Gasteiger partial charge is 0.378 e. The highest BCUT2D eigenvalue weighted by Crippen LogP contribution is 2.18. The first-order chi connectivity index (χ1) is 14.4. The number of anilines is 1. The number of carbonyl (C=O) groups excluding carboxylic acids is 1. The number of likely N-dealkylation sites (tertiary alicyclic amines) is 1. The molecule has 1 atom stereocenters. The van der Waals surface area contributed by atoms with Gasteiger partial charge in [0.15, 0.2) is 5.96 Å². The normalized spacial score (nSPS) is 18.5. The molecule has 0 bridgehead atoms. The molecule has 1 N–H and O–H groups in total. The molecule has 2 saturated heterocycles. The van der Waals surface area contributed by atoms with E-state index in [9.17, 15) is 4.79 Å². The Kier molecular flexibility index (Phi) is 9.87. The number of hydrogen-bond acceptors (Lipinski definition) is 4. The first-order valence-electron chi connectivity index (χ1n) is 11.2. The lowest BCUT2D eigenvalue weighted by atomic mass is 10.1. The van der Waals surface area contributed by atoms with Crippen molar-refractivity contribution in [1.82, 2.24) is 20.0 Å². The zero-order valence-electron chi connectivity index (χ0n) is 19.7. The number of nitrogens with one attached hydrogen (secondary N) is 1. The van der Waals surface area contributed by atoms with Crippen LogP contribution in [0.4, 0.5) is 5.69 Å². The molecule has 3 rings (SSSR count). The van der Waals surface area contributed by atoms with Crippen molar-refractivity contribution in [1.29, 1.82) is 0 Å². The van der Waals surface area contributed by atoms with Crippen LogP contribution in [0.5, 0.6) is 0 Å². The molecular weight excluding hydrogens is 503 g/mol. The smallest absolute Gasteiger partial charge is 0.239 e. The van der Waals surface area contributed by atoms with Crippen molar-refractivity contribution in [3.05, 3.63) is 29.3 Å². The molecule has 2 heterocycles. The molecule has 2 aliphatic heterocycles. The van der Waals surface area contributed by atoms with Crippen LogP contribution in [-0.4, -0.2) is 93.0 Å². The molecule has 0 radical (unpaired) electrons. The molecule has 0 saturated carbocycles. The predicted molar refractivity (Wildman–Crippen MR) is 140 cm³/mol. The highest BCUT2D eigenvalue weighted by molar-refractivity contribution is 14.0. The van der Waals surface area contributed by atoms with Gasteiger partial charge in [0.25, 0.3) is 0 Å². The van der Waals surface area contributed by atoms with Gasteiger partial charge >= 0.3 is 0 Å². The number of rotatable bonds is 5. The highest BCUT2D eigenvalue weighted by Gasteiger charge is 2.30. The molecule has 2 aliphatic rings. The molecule has 1 aromatic carbocycles. The van der Waals surface area contributed by atoms with Gasteiger partial charge in [-0.3, -0.25) is 14.7 Å². The number of guanidine groups is 1. The molecule has 0 spiro atoms. The summed E-state index contributed by atoms with van der Waals surface area (Å²) >= 11 is 0. The van der Waals surface area contributed by atoms with Crippen LogP contribution in [0, 0.1) is 6.92 Å². The Morgan fingerprint density at radius 1 is 1.10 bits per heavy atom. The van der Waals surface area contributed by atoms with Gasteiger partial charge in [0.2, 0.25) is 5.91 Å². The van der Waals surface area contributed by atoms with Crippen molar-refractivity contribution < 1.29 is 4.79 Å². The third-order valence-electron chi connectivity index (χ3n) is 6.43. The lowest BCUT2D eigenvalue weighted by molar-refractivity contribution is -0.135. The molecule has 1 unspecified atom stereocenters. The second-order valence-corrected chi connectivity index (χ2v) is 8.64. The summed E-state index contributed by atoms with van der Waals surface area (Å²) in [7, 11) is 5.97. The monoisotopic (exact) mass is 542 g/mol. The minimum Gasteiger partial charge on any atom is -0.378 e. The average Bonchev–Trinajstić information content (AvgIpc) is 3.29. The third-order valence-corrected chi connectivity index (χ3v) is 6.43. The molecule has 1 aromatic rings. The van der Waals surface area contributed by atoms with Crippen molar-refractivity contribution in [3.63, 3.8) is 0 Å². The molecule has 31 heavy (non-hydrogen) atoms. The van der Waals surface area contributed by atoms with E-state index in [4.69, 9.17) is 0 Å². The fourth-order valence-corrected chi connectivity index (χ4v) is 4.34. The topological polar surface area (TPSA) is 54.4 Å². The number of benzene rings is 1. The van der Waals surface area contributed by atoms with Gasteiger partial charge in [-0.1, -0.05) is 6.07 Å². The summed E-state index contributed by atoms with van der Waals surface area (Å²) in [5.74, 6) is 1.23. The lowest BCUT2D eigenvalue weighted by Crippen LogP contribution is -2.57. The average molecular weight is 543 g/mol. The van der Waals surface area contributed by atoms with Crippen molar-refractivity contribution in [3.8, 4) is 0 Å². The fraction of sp³-hybridized carbons (Fsp3) is 0.652. The maximum Gasteiger partial charge on any atom is 0.239 e. The summed E-state index contributed by atoms with van der Waals surface area (Å²) in [6.07, 6.45) is 2.29. The number of aliphatic imine (C=N–C) groups is 1. The zero-order valence-corrected chi connectivity index (χ0v) is 22.1. The second kappa shape index (κ2) is 11.9. The molecule has 7 nitrogen and oxygen atoms in total. The molecule has 0 aliphatic carbocycles. The van der Waals surface area contributed by atoms with E-state index in [-0.39, 0.29) is 30.0 Å². The number of amides is 1. The lowest BCUT2D eigenvalue weighted by Gasteiger charge is -2.39. The second-order valence-electron chi connectivity index (χ2n) is 8.64. The maximum atomic E-state index is 12.7. The van der Waals surface area contributed by atoms with E-state index in [1.807, 2.05) is 11.9 Å². The Morgan fingerprint density at radius 2 is 1.74 bits per heavy atom. The summed E-state index contributed by atoms with van der Waals surface area (Å²) in [6.45, 7) is 10.4. The summed E-state index contributed by atoms with van der Waals surface area (Å²) in [5.41, 5.74) is 3.78. The van der Waals surface area contributed by atoms with Gasteiger partial charge in [-0.05, 0) is 49.9 Å². The maximum absolute atomic E-state index is 12.7. The van der Waals surface area contributed by atoms with Crippen LogP contribution in [0.2, 0.25) is 0 Å². The van der Waals surface area contributed by atoms with Crippen molar-refractivity contribution >= 4 is 41.5 Å². The minimum absolute atomic E-state index is 0. The molecular formula is C23H39IN6O. The van der Waals surface area contributed by atoms with E-state index < -0.39 is 0 Å². The van der Waals surface area contributed by atoms with Crippen LogP contribution in [0.3, 0.4) is 0 Å². The summed E-state index contributed by atoms with van der Waals surface area (Å²) in [5, 5.41) is 3.53. The van der Waals surface area contributed by atoms with Crippen LogP contribution in [0.15, 0.2) is 23.2 Å². The molecule has 1 amide bonds. The van der Waals surface area contributed by atoms with Crippen molar-refractivity contribution in [2.45, 2.75) is 39.3 Å². The van der Waals surface area contributed by atoms with Gasteiger partial charge in [0.05, 0.1) is 6.04 Å². The Bertz CT molecular complexity index is 754. The molecule has 0 aromatic heterocycles. The number of nitrogens with zero attached hydrogens (tertiary/aromatic N) is 5. The number of carbonyl (C=O) groups is 1. The van der Waals surface area contributed by atoms with Crippen LogP contribution < -0.4 is 10.2 Å². The highest BCUT2D eigenvalue weighted by atomic mass is 127. The van der Waals surface area contributed by atoms with Gasteiger partial charge in [-0.25, -0.2) is 0 Å². The van der Waals surface area contributed by atoms with Crippen LogP contribution in [-0.2, 0) is 11.3 Å². The van der Waals surface area contributed by atoms with E-state index in [1.54, 1.807) is 0 Å².